The number of aromatic nitrogens is 5. The van der Waals surface area contributed by atoms with Crippen LogP contribution in [0.3, 0.4) is 0 Å². The molecule has 0 unspecified atom stereocenters. The molecule has 0 atom stereocenters. The van der Waals surface area contributed by atoms with Gasteiger partial charge < -0.3 is 4.98 Å². The lowest BCUT2D eigenvalue weighted by Crippen LogP contribution is -2.22. The number of aromatic amines is 3. The van der Waals surface area contributed by atoms with Gasteiger partial charge in [-0.25, -0.2) is 4.79 Å². The first-order valence-electron chi connectivity index (χ1n) is 5.72. The molecule has 0 saturated carbocycles. The monoisotopic (exact) mass is 287 g/mol. The summed E-state index contributed by atoms with van der Waals surface area (Å²) in [6, 6.07) is 10.5. The van der Waals surface area contributed by atoms with Gasteiger partial charge in [0.05, 0.1) is 11.4 Å². The van der Waals surface area contributed by atoms with Crippen LogP contribution in [0.15, 0.2) is 46.0 Å². The fraction of sp³-hybridized carbons (Fsp3) is 0. The van der Waals surface area contributed by atoms with Gasteiger partial charge in [-0.15, -0.1) is 0 Å². The van der Waals surface area contributed by atoms with Crippen molar-refractivity contribution in [1.29, 1.82) is 0 Å². The molecule has 0 aliphatic carbocycles. The molecule has 100 valence electrons. The highest BCUT2D eigenvalue weighted by Gasteiger charge is 2.12. The fourth-order valence-corrected chi connectivity index (χ4v) is 2.12. The average molecular weight is 287 g/mol. The lowest BCUT2D eigenvalue weighted by Gasteiger charge is -2.05. The van der Waals surface area contributed by atoms with Crippen molar-refractivity contribution >= 4 is 12.2 Å². The summed E-state index contributed by atoms with van der Waals surface area (Å²) >= 11 is 5.19. The van der Waals surface area contributed by atoms with Gasteiger partial charge in [-0.05, 0) is 24.4 Å². The summed E-state index contributed by atoms with van der Waals surface area (Å²) < 4.78 is 2.01. The third-order valence-electron chi connectivity index (χ3n) is 2.69. The molecule has 0 radical (unpaired) electrons. The van der Waals surface area contributed by atoms with E-state index in [-0.39, 0.29) is 5.69 Å². The molecule has 0 amide bonds. The summed E-state index contributed by atoms with van der Waals surface area (Å²) in [6.45, 7) is 0. The zero-order chi connectivity index (χ0) is 14.1. The Morgan fingerprint density at radius 1 is 1.10 bits per heavy atom. The van der Waals surface area contributed by atoms with Crippen LogP contribution in [0, 0.1) is 4.77 Å². The first kappa shape index (κ1) is 12.3. The number of nitrogens with zero attached hydrogens (tertiary/aromatic N) is 2. The van der Waals surface area contributed by atoms with E-state index in [1.54, 1.807) is 4.57 Å². The summed E-state index contributed by atoms with van der Waals surface area (Å²) in [5.41, 5.74) is -0.0318. The standard InChI is InChI=1S/C12H9N5O2S/c18-9-6-8(13-11(19)14-9)10-15-16-12(20)17(10)7-4-2-1-3-5-7/h1-6H,(H,16,20)(H2,13,14,18,19). The number of H-pyrrole nitrogens is 3. The summed E-state index contributed by atoms with van der Waals surface area (Å²) in [5.74, 6) is 0.365. The van der Waals surface area contributed by atoms with E-state index in [1.807, 2.05) is 30.3 Å². The molecule has 0 saturated heterocycles. The van der Waals surface area contributed by atoms with E-state index in [9.17, 15) is 9.59 Å². The highest BCUT2D eigenvalue weighted by atomic mass is 32.1. The second-order valence-electron chi connectivity index (χ2n) is 4.02. The molecule has 0 bridgehead atoms. The predicted molar refractivity (Wildman–Crippen MR) is 75.4 cm³/mol. The lowest BCUT2D eigenvalue weighted by atomic mass is 10.3. The second-order valence-corrected chi connectivity index (χ2v) is 4.41. The van der Waals surface area contributed by atoms with Crippen LogP contribution in [0.5, 0.6) is 0 Å². The zero-order valence-electron chi connectivity index (χ0n) is 10.1. The summed E-state index contributed by atoms with van der Waals surface area (Å²) in [7, 11) is 0. The van der Waals surface area contributed by atoms with E-state index in [0.717, 1.165) is 5.69 Å². The van der Waals surface area contributed by atoms with Crippen molar-refractivity contribution in [3.63, 3.8) is 0 Å². The molecule has 8 heteroatoms. The zero-order valence-corrected chi connectivity index (χ0v) is 10.9. The van der Waals surface area contributed by atoms with Gasteiger partial charge >= 0.3 is 5.69 Å². The minimum atomic E-state index is -0.596. The van der Waals surface area contributed by atoms with Crippen molar-refractivity contribution < 1.29 is 0 Å². The predicted octanol–water partition coefficient (Wildman–Crippen LogP) is 0.973. The SMILES string of the molecule is O=c1cc(-c2n[nH]c(=S)n2-c2ccccc2)[nH]c(=O)[nH]1. The molecule has 20 heavy (non-hydrogen) atoms. The minimum Gasteiger partial charge on any atom is -0.304 e. The highest BCUT2D eigenvalue weighted by Crippen LogP contribution is 2.17. The van der Waals surface area contributed by atoms with Crippen LogP contribution in [0.2, 0.25) is 0 Å². The summed E-state index contributed by atoms with van der Waals surface area (Å²) in [6.07, 6.45) is 0. The van der Waals surface area contributed by atoms with Gasteiger partial charge in [0.15, 0.2) is 10.6 Å². The number of hydrogen-bond acceptors (Lipinski definition) is 4. The molecule has 3 N–H and O–H groups in total. The number of hydrogen-bond donors (Lipinski definition) is 3. The molecule has 1 aromatic carbocycles. The Morgan fingerprint density at radius 2 is 1.85 bits per heavy atom. The number of para-hydroxylation sites is 1. The molecule has 3 aromatic rings. The molecular formula is C12H9N5O2S. The van der Waals surface area contributed by atoms with E-state index in [0.29, 0.717) is 10.6 Å². The van der Waals surface area contributed by atoms with Gasteiger partial charge in [-0.2, -0.15) is 5.10 Å². The van der Waals surface area contributed by atoms with Crippen LogP contribution in [0.1, 0.15) is 0 Å². The first-order chi connectivity index (χ1) is 9.65. The number of nitrogens with one attached hydrogen (secondary N) is 3. The molecule has 2 aromatic heterocycles. The Morgan fingerprint density at radius 3 is 2.55 bits per heavy atom. The largest absolute Gasteiger partial charge is 0.326 e. The van der Waals surface area contributed by atoms with Crippen LogP contribution in [-0.4, -0.2) is 24.7 Å². The molecule has 0 aliphatic heterocycles. The van der Waals surface area contributed by atoms with Crippen molar-refractivity contribution in [3.05, 3.63) is 62.0 Å². The number of benzene rings is 1. The molecule has 0 spiro atoms. The van der Waals surface area contributed by atoms with Crippen molar-refractivity contribution in [2.24, 2.45) is 0 Å². The van der Waals surface area contributed by atoms with E-state index >= 15 is 0 Å². The fourth-order valence-electron chi connectivity index (χ4n) is 1.88. The molecular weight excluding hydrogens is 278 g/mol. The van der Waals surface area contributed by atoms with Crippen molar-refractivity contribution in [3.8, 4) is 17.2 Å². The highest BCUT2D eigenvalue weighted by molar-refractivity contribution is 7.71. The maximum Gasteiger partial charge on any atom is 0.326 e. The van der Waals surface area contributed by atoms with Gasteiger partial charge in [0, 0.05) is 6.07 Å². The second kappa shape index (κ2) is 4.74. The van der Waals surface area contributed by atoms with E-state index in [1.165, 1.54) is 6.07 Å². The molecule has 0 aliphatic rings. The normalized spacial score (nSPS) is 10.6. The van der Waals surface area contributed by atoms with Gasteiger partial charge in [0.25, 0.3) is 5.56 Å². The van der Waals surface area contributed by atoms with Gasteiger partial charge in [-0.1, -0.05) is 18.2 Å². The Hall–Kier alpha value is -2.74. The van der Waals surface area contributed by atoms with Crippen LogP contribution in [-0.2, 0) is 0 Å². The van der Waals surface area contributed by atoms with Crippen molar-refractivity contribution in [1.82, 2.24) is 24.7 Å². The Bertz CT molecular complexity index is 891. The Kier molecular flexibility index (Phi) is 2.92. The van der Waals surface area contributed by atoms with Crippen LogP contribution in [0.4, 0.5) is 0 Å². The van der Waals surface area contributed by atoms with E-state index < -0.39 is 11.2 Å². The van der Waals surface area contributed by atoms with Crippen LogP contribution in [0.25, 0.3) is 17.2 Å². The van der Waals surface area contributed by atoms with Gasteiger partial charge in [-0.3, -0.25) is 19.4 Å². The van der Waals surface area contributed by atoms with Crippen LogP contribution >= 0.6 is 12.2 Å². The van der Waals surface area contributed by atoms with E-state index in [4.69, 9.17) is 12.2 Å². The summed E-state index contributed by atoms with van der Waals surface area (Å²) in [5, 5.41) is 6.72. The van der Waals surface area contributed by atoms with Gasteiger partial charge in [0.2, 0.25) is 0 Å². The van der Waals surface area contributed by atoms with Gasteiger partial charge in [0.1, 0.15) is 0 Å². The molecule has 7 nitrogen and oxygen atoms in total. The minimum absolute atomic E-state index is 0.287. The average Bonchev–Trinajstić information content (AvgIpc) is 2.80. The Balaban J connectivity index is 2.29. The van der Waals surface area contributed by atoms with Crippen molar-refractivity contribution in [2.45, 2.75) is 0 Å². The molecule has 3 rings (SSSR count). The quantitative estimate of drug-likeness (QED) is 0.612. The van der Waals surface area contributed by atoms with Crippen LogP contribution < -0.4 is 11.2 Å². The topological polar surface area (TPSA) is 99.3 Å². The summed E-state index contributed by atoms with van der Waals surface area (Å²) in [4.78, 5) is 27.4. The molecule has 2 heterocycles. The van der Waals surface area contributed by atoms with Crippen molar-refractivity contribution in [2.75, 3.05) is 0 Å². The maximum atomic E-state index is 11.4. The molecule has 0 fully saturated rings. The third kappa shape index (κ3) is 2.12. The lowest BCUT2D eigenvalue weighted by molar-refractivity contribution is 0.992. The maximum absolute atomic E-state index is 11.4. The number of rotatable bonds is 2. The smallest absolute Gasteiger partial charge is 0.304 e. The first-order valence-corrected chi connectivity index (χ1v) is 6.13. The van der Waals surface area contributed by atoms with E-state index in [2.05, 4.69) is 20.2 Å². The third-order valence-corrected chi connectivity index (χ3v) is 2.96. The Labute approximate surface area is 116 Å².